The van der Waals surface area contributed by atoms with Gasteiger partial charge in [0.25, 0.3) is 53.2 Å². The van der Waals surface area contributed by atoms with Crippen LogP contribution in [0.1, 0.15) is 229 Å². The SMILES string of the molecule is CC(C)(C)c1sc(N)nc1Cl.COC(=O)C1(OC)CC(N2C(=O)c3ccccc3C2=O)C1.COC1(C(=O)Nc2nc(Cl)c(C(C)(C)C)s2)CC(N)C1.COC1(C(=O)Nc2nc(Cl)c(C(C)(C)C)s2)CC(N2C(=O)c3ccccc3C2=O)C1.COC1(C(=O)Nc2nc(Cl)c(C(C)(C)C)s2)CC(NC#N)C1.COC1(C(=O)O)CC(N2C(=O)c3ccccc3C2=O)C1.N#CBr.NN.O=C(O)C(F)(F)F. The van der Waals surface area contributed by atoms with E-state index in [9.17, 15) is 65.9 Å². The third-order valence-corrected chi connectivity index (χ3v) is 29.7. The monoisotopic (exact) mass is 2110 g/mol. The molecule has 9 amide bonds. The largest absolute Gasteiger partial charge is 0.490 e. The molecule has 5 fully saturated rings. The number of esters is 1. The third kappa shape index (κ3) is 25.2. The van der Waals surface area contributed by atoms with Crippen LogP contribution in [0.5, 0.6) is 0 Å². The van der Waals surface area contributed by atoms with Crippen molar-refractivity contribution >= 4 is 199 Å². The van der Waals surface area contributed by atoms with Gasteiger partial charge in [-0.25, -0.2) is 34.3 Å². The highest BCUT2D eigenvalue weighted by Crippen LogP contribution is 2.49. The zero-order valence-electron chi connectivity index (χ0n) is 77.1. The van der Waals surface area contributed by atoms with Gasteiger partial charge in [0.15, 0.2) is 49.1 Å². The Morgan fingerprint density at radius 3 is 0.882 bits per heavy atom. The number of rotatable bonds is 17. The van der Waals surface area contributed by atoms with Crippen LogP contribution in [0.25, 0.3) is 0 Å². The predicted molar refractivity (Wildman–Crippen MR) is 507 cm³/mol. The zero-order chi connectivity index (χ0) is 103. The molecule has 0 radical (unpaired) electrons. The summed E-state index contributed by atoms with van der Waals surface area (Å²) in [4.78, 5) is 170. The van der Waals surface area contributed by atoms with E-state index in [2.05, 4.69) is 110 Å². The van der Waals surface area contributed by atoms with Gasteiger partial charge in [-0.1, -0.05) is 200 Å². The van der Waals surface area contributed by atoms with Gasteiger partial charge in [-0.05, 0) is 58.1 Å². The van der Waals surface area contributed by atoms with Crippen LogP contribution in [0.15, 0.2) is 72.8 Å². The summed E-state index contributed by atoms with van der Waals surface area (Å²) < 4.78 is 63.0. The Kier molecular flexibility index (Phi) is 37.7. The van der Waals surface area contributed by atoms with Crippen LogP contribution in [-0.2, 0) is 78.8 Å². The number of halogens is 8. The minimum absolute atomic E-state index is 0.0192. The lowest BCUT2D eigenvalue weighted by molar-refractivity contribution is -0.192. The van der Waals surface area contributed by atoms with E-state index in [4.69, 9.17) is 112 Å². The minimum atomic E-state index is -5.08. The molecular formula is C87H105BrCl4F3N17O20S4. The topological polar surface area (TPSA) is 562 Å². The molecule has 8 aliphatic rings. The second kappa shape index (κ2) is 45.4. The summed E-state index contributed by atoms with van der Waals surface area (Å²) in [6.07, 6.45) is 0.00691. The van der Waals surface area contributed by atoms with Gasteiger partial charge >= 0.3 is 24.1 Å². The number of nitrogens with zero attached hydrogens (tertiary/aromatic N) is 9. The number of aliphatic carboxylic acids is 2. The summed E-state index contributed by atoms with van der Waals surface area (Å²) in [5.41, 5.74) is 8.07. The maximum absolute atomic E-state index is 13.0. The van der Waals surface area contributed by atoms with Crippen molar-refractivity contribution in [3.63, 3.8) is 0 Å². The molecular weight excluding hydrogens is 2010 g/mol. The summed E-state index contributed by atoms with van der Waals surface area (Å²) >= 11 is 32.3. The fourth-order valence-electron chi connectivity index (χ4n) is 15.2. The number of nitrogen functional groups attached to an aromatic ring is 1. The molecule has 0 unspecified atom stereocenters. The Morgan fingerprint density at radius 2 is 0.684 bits per heavy atom. The fourth-order valence-corrected chi connectivity index (χ4v) is 20.9. The molecule has 14 N–H and O–H groups in total. The number of carboxylic acid groups (broad SMARTS) is 2. The number of hydrazine groups is 1. The molecule has 7 aromatic rings. The third-order valence-electron chi connectivity index (χ3n) is 22.7. The van der Waals surface area contributed by atoms with E-state index in [0.29, 0.717) is 100 Å². The molecule has 5 saturated carbocycles. The van der Waals surface area contributed by atoms with E-state index in [1.54, 1.807) is 77.8 Å². The van der Waals surface area contributed by atoms with Crippen molar-refractivity contribution < 1.29 is 109 Å². The van der Waals surface area contributed by atoms with Crippen molar-refractivity contribution in [2.24, 2.45) is 17.4 Å². The van der Waals surface area contributed by atoms with Crippen molar-refractivity contribution in [2.75, 3.05) is 64.3 Å². The Labute approximate surface area is 825 Å². The van der Waals surface area contributed by atoms with E-state index in [1.165, 1.54) is 97.8 Å². The Balaban J connectivity index is 0.000000220. The van der Waals surface area contributed by atoms with Crippen molar-refractivity contribution in [3.05, 3.63) is 146 Å². The van der Waals surface area contributed by atoms with Gasteiger partial charge in [-0.15, -0.1) is 11.3 Å². The molecule has 0 spiro atoms. The maximum Gasteiger partial charge on any atom is 0.490 e. The van der Waals surface area contributed by atoms with E-state index < -0.39 is 64.2 Å². The van der Waals surface area contributed by atoms with E-state index in [0.717, 1.165) is 24.4 Å². The quantitative estimate of drug-likeness (QED) is 0.0101. The first-order valence-corrected chi connectivity index (χ1v) is 46.7. The number of hydrogen-bond acceptors (Lipinski definition) is 33. The molecule has 0 atom stereocenters. The number of carboxylic acids is 2. The van der Waals surface area contributed by atoms with Gasteiger partial charge in [-0.2, -0.15) is 23.7 Å². The normalized spacial score (nSPS) is 23.0. The van der Waals surface area contributed by atoms with E-state index >= 15 is 0 Å². The highest BCUT2D eigenvalue weighted by molar-refractivity contribution is 9.12. The smallest absolute Gasteiger partial charge is 0.479 e. The van der Waals surface area contributed by atoms with Gasteiger partial charge in [0.2, 0.25) is 0 Å². The molecule has 37 nitrogen and oxygen atoms in total. The minimum Gasteiger partial charge on any atom is -0.479 e. The lowest BCUT2D eigenvalue weighted by Crippen LogP contribution is -2.62. The first-order chi connectivity index (χ1) is 63.3. The number of imide groups is 3. The average molecular weight is 2120 g/mol. The van der Waals surface area contributed by atoms with Crippen LogP contribution in [0.3, 0.4) is 0 Å². The zero-order valence-corrected chi connectivity index (χ0v) is 85.0. The van der Waals surface area contributed by atoms with Crippen molar-refractivity contribution in [3.8, 4) is 11.2 Å². The number of benzene rings is 3. The van der Waals surface area contributed by atoms with Gasteiger partial charge in [-0.3, -0.25) is 85.5 Å². The number of methoxy groups -OCH3 is 6. The predicted octanol–water partition coefficient (Wildman–Crippen LogP) is 14.0. The summed E-state index contributed by atoms with van der Waals surface area (Å²) in [5.74, 6) is 0.910. The van der Waals surface area contributed by atoms with Gasteiger partial charge in [0.1, 0.15) is 31.2 Å². The van der Waals surface area contributed by atoms with Crippen LogP contribution in [0, 0.1) is 21.7 Å². The van der Waals surface area contributed by atoms with E-state index in [-0.39, 0.29) is 131 Å². The second-order valence-electron chi connectivity index (χ2n) is 35.9. The molecule has 3 aliphatic heterocycles. The van der Waals surface area contributed by atoms with Crippen LogP contribution < -0.4 is 44.4 Å². The highest BCUT2D eigenvalue weighted by Gasteiger charge is 2.61. The number of hydrogen-bond donors (Lipinski definition) is 10. The van der Waals surface area contributed by atoms with Gasteiger partial charge in [0.05, 0.1) is 60.0 Å². The number of anilines is 4. The molecule has 136 heavy (non-hydrogen) atoms. The van der Waals surface area contributed by atoms with Crippen LogP contribution in [0.2, 0.25) is 20.6 Å². The number of aromatic nitrogens is 4. The first kappa shape index (κ1) is 113. The molecule has 4 aromatic heterocycles. The van der Waals surface area contributed by atoms with E-state index in [1.807, 2.05) is 47.7 Å². The number of nitrogens with one attached hydrogen (secondary N) is 4. The number of ether oxygens (including phenoxy) is 6. The van der Waals surface area contributed by atoms with Gasteiger partial charge in [0, 0.05) is 146 Å². The number of nitrogens with two attached hydrogens (primary N) is 4. The van der Waals surface area contributed by atoms with Crippen LogP contribution >= 0.6 is 108 Å². The Morgan fingerprint density at radius 1 is 0.449 bits per heavy atom. The summed E-state index contributed by atoms with van der Waals surface area (Å²) in [7, 11) is 8.52. The number of carbonyl (C=O) groups is 12. The molecule has 49 heteroatoms. The number of amides is 9. The standard InChI is InChI=1S/C21H22ClN3O4S.C15H15NO5.C14H19ClN4O2S.C14H13NO5.C13H20ClN3O2S.C7H11ClN2S.C2HF3O2.CBrN.H4N2/c1-20(2,3)14-15(22)23-19(30-14)24-18(28)21(29-4)9-11(10-21)25-16(26)12-7-5-6-8-13(12)17(25)27;1-20-14(19)15(21-2)7-9(8-15)16-12(17)10-5-3-4-6-11(10)13(16)18;1-13(2,3)9-10(15)18-12(22-9)19-11(20)14(21-4)5-8(6-14)17-7-16;1-20-14(13(18)19)6-8(7-14)15-11(16)9-4-2-3-5-10(9)12(15)17;1-12(2,3)8-9(14)16-11(20-8)17-10(18)13(19-4)5-7(15)6-13;1-7(2,3)4-5(8)10-6(9)11-4;3-2(4,5)1(6)7;2-1-3;1-2/h5-8,11H,9-10H2,1-4H3,(H,23,24,28);3-6,9H,7-8H2,1-2H3;8,17H,5-6H2,1-4H3,(H,18,19,20);2-5,8H,6-7H2,1H3,(H,18,19);7H,5-6,15H2,1-4H3,(H,16,17,18);1-3H3,(H2,9,10);(H,6,7);;1-2H2. The fraction of sp³-hybridized carbons (Fsp3) is 0.494. The first-order valence-electron chi connectivity index (χ1n) is 41.2. The molecule has 0 saturated heterocycles. The Hall–Kier alpha value is -9.89. The lowest BCUT2D eigenvalue weighted by Gasteiger charge is -2.47. The number of fused-ring (bicyclic) bond motifs is 3. The molecule has 5 aliphatic carbocycles. The second-order valence-corrected chi connectivity index (χ2v) is 41.7. The molecule has 738 valence electrons. The van der Waals surface area contributed by atoms with Crippen molar-refractivity contribution in [1.82, 2.24) is 40.0 Å². The molecule has 0 bridgehead atoms. The number of thiazole rings is 4. The van der Waals surface area contributed by atoms with Crippen molar-refractivity contribution in [2.45, 2.75) is 233 Å². The van der Waals surface area contributed by atoms with Gasteiger partial charge < -0.3 is 55.4 Å². The summed E-state index contributed by atoms with van der Waals surface area (Å²) in [5, 5.41) is 46.8. The van der Waals surface area contributed by atoms with Crippen LogP contribution in [-0.4, -0.2) is 223 Å². The van der Waals surface area contributed by atoms with Crippen LogP contribution in [0.4, 0.5) is 33.7 Å². The molecule has 3 aromatic carbocycles. The number of alkyl halides is 3. The summed E-state index contributed by atoms with van der Waals surface area (Å²) in [6, 6.07) is 18.9. The lowest BCUT2D eigenvalue weighted by atomic mass is 9.73. The Bertz CT molecular complexity index is 5610. The number of nitriles is 2. The average Bonchev–Trinajstić information content (AvgIpc) is 1.56. The van der Waals surface area contributed by atoms with Crippen molar-refractivity contribution in [1.29, 1.82) is 10.5 Å². The number of carbonyl (C=O) groups excluding carboxylic acids is 10. The summed E-state index contributed by atoms with van der Waals surface area (Å²) in [6.45, 7) is 24.6. The molecule has 15 rings (SSSR count). The molecule has 7 heterocycles. The highest BCUT2D eigenvalue weighted by atomic mass is 79.9. The maximum atomic E-state index is 13.0.